The maximum Gasteiger partial charge on any atom is 0.240 e. The van der Waals surface area contributed by atoms with Crippen molar-refractivity contribution in [3.05, 3.63) is 42.0 Å². The lowest BCUT2D eigenvalue weighted by Crippen LogP contribution is -1.81. The van der Waals surface area contributed by atoms with Gasteiger partial charge in [0.2, 0.25) is 7.01 Å². The molecule has 1 heterocycles. The fourth-order valence-electron chi connectivity index (χ4n) is 1.32. The molecule has 17 heavy (non-hydrogen) atoms. The summed E-state index contributed by atoms with van der Waals surface area (Å²) >= 11 is 2.65. The molecule has 1 aromatic heterocycles. The minimum atomic E-state index is -3.17. The van der Waals surface area contributed by atoms with Crippen molar-refractivity contribution in [1.29, 1.82) is 5.26 Å². The van der Waals surface area contributed by atoms with E-state index >= 15 is 0 Å². The number of hydrogen-bond acceptors (Lipinski definition) is 4. The second kappa shape index (κ2) is 4.76. The van der Waals surface area contributed by atoms with Crippen LogP contribution in [-0.2, 0) is 7.01 Å². The Labute approximate surface area is 115 Å². The van der Waals surface area contributed by atoms with Crippen molar-refractivity contribution in [2.45, 2.75) is 4.21 Å². The molecular formula is C11H6INO2S2. The van der Waals surface area contributed by atoms with Gasteiger partial charge in [-0.15, -0.1) is 11.3 Å². The highest BCUT2D eigenvalue weighted by molar-refractivity contribution is 14.2. The number of nitrogens with zero attached hydrogens (tertiary/aromatic N) is 1. The van der Waals surface area contributed by atoms with Crippen LogP contribution in [0.15, 0.2) is 40.6 Å². The lowest BCUT2D eigenvalue weighted by molar-refractivity contribution is 0.614. The van der Waals surface area contributed by atoms with Crippen LogP contribution >= 0.6 is 32.5 Å². The van der Waals surface area contributed by atoms with E-state index in [9.17, 15) is 8.42 Å². The van der Waals surface area contributed by atoms with Gasteiger partial charge < -0.3 is 0 Å². The van der Waals surface area contributed by atoms with Gasteiger partial charge in [0.15, 0.2) is 0 Å². The Morgan fingerprint density at radius 3 is 2.24 bits per heavy atom. The van der Waals surface area contributed by atoms with Gasteiger partial charge in [-0.05, 0) is 29.8 Å². The molecular weight excluding hydrogens is 369 g/mol. The lowest BCUT2D eigenvalue weighted by atomic mass is 10.1. The van der Waals surface area contributed by atoms with Crippen LogP contribution in [0.5, 0.6) is 0 Å². The highest BCUT2D eigenvalue weighted by Gasteiger charge is 2.13. The summed E-state index contributed by atoms with van der Waals surface area (Å²) in [6, 6.07) is 12.5. The average Bonchev–Trinajstić information content (AvgIpc) is 2.78. The normalized spacial score (nSPS) is 11.1. The van der Waals surface area contributed by atoms with Gasteiger partial charge in [-0.25, -0.2) is 8.42 Å². The first-order valence-corrected chi connectivity index (χ1v) is 9.40. The quantitative estimate of drug-likeness (QED) is 0.597. The van der Waals surface area contributed by atoms with Crippen molar-refractivity contribution in [3.63, 3.8) is 0 Å². The van der Waals surface area contributed by atoms with Gasteiger partial charge in [0, 0.05) is 4.88 Å². The second-order valence-electron chi connectivity index (χ2n) is 3.25. The van der Waals surface area contributed by atoms with E-state index in [2.05, 4.69) is 0 Å². The maximum absolute atomic E-state index is 11.3. The molecule has 3 nitrogen and oxygen atoms in total. The van der Waals surface area contributed by atoms with Crippen molar-refractivity contribution in [2.24, 2.45) is 0 Å². The molecule has 0 spiro atoms. The van der Waals surface area contributed by atoms with Crippen LogP contribution in [0.1, 0.15) is 5.56 Å². The summed E-state index contributed by atoms with van der Waals surface area (Å²) < 4.78 is 23.0. The summed E-state index contributed by atoms with van der Waals surface area (Å²) in [4.78, 5) is 0.879. The highest BCUT2D eigenvalue weighted by atomic mass is 127. The summed E-state index contributed by atoms with van der Waals surface area (Å²) in [5.74, 6) is 0. The fraction of sp³-hybridized carbons (Fsp3) is 0. The molecule has 6 heteroatoms. The van der Waals surface area contributed by atoms with Crippen molar-refractivity contribution in [3.8, 4) is 16.5 Å². The first-order valence-electron chi connectivity index (χ1n) is 4.56. The van der Waals surface area contributed by atoms with Crippen molar-refractivity contribution in [2.75, 3.05) is 0 Å². The molecule has 0 saturated carbocycles. The van der Waals surface area contributed by atoms with E-state index in [1.54, 1.807) is 24.3 Å². The predicted octanol–water partition coefficient (Wildman–Crippen LogP) is 3.41. The lowest BCUT2D eigenvalue weighted by Gasteiger charge is -1.96. The van der Waals surface area contributed by atoms with Gasteiger partial charge in [0.25, 0.3) is 0 Å². The molecule has 86 valence electrons. The first kappa shape index (κ1) is 12.5. The van der Waals surface area contributed by atoms with Crippen LogP contribution in [0.2, 0.25) is 0 Å². The molecule has 0 aliphatic rings. The Morgan fingerprint density at radius 1 is 1.12 bits per heavy atom. The molecule has 0 saturated heterocycles. The molecule has 0 unspecified atom stereocenters. The molecule has 0 aliphatic carbocycles. The van der Waals surface area contributed by atoms with Gasteiger partial charge in [-0.2, -0.15) is 5.26 Å². The first-order chi connectivity index (χ1) is 8.00. The second-order valence-corrected chi connectivity index (χ2v) is 9.38. The Balaban J connectivity index is 2.41. The summed E-state index contributed by atoms with van der Waals surface area (Å²) in [5.41, 5.74) is 1.51. The van der Waals surface area contributed by atoms with Crippen LogP contribution in [0.25, 0.3) is 10.4 Å². The highest BCUT2D eigenvalue weighted by Crippen LogP contribution is 2.33. The number of nitriles is 1. The predicted molar refractivity (Wildman–Crippen MR) is 75.7 cm³/mol. The largest absolute Gasteiger partial charge is 0.240 e. The van der Waals surface area contributed by atoms with E-state index in [0.717, 1.165) is 10.4 Å². The molecule has 0 N–H and O–H groups in total. The molecule has 0 bridgehead atoms. The number of rotatable bonds is 2. The summed E-state index contributed by atoms with van der Waals surface area (Å²) in [7, 11) is -3.17. The third-order valence-electron chi connectivity index (χ3n) is 2.12. The fourth-order valence-corrected chi connectivity index (χ4v) is 4.21. The zero-order valence-electron chi connectivity index (χ0n) is 8.42. The Bertz CT molecular complexity index is 681. The molecule has 2 aromatic rings. The standard InChI is InChI=1S/C11H6INO2S2/c12-17(14,15)11-6-5-10(16-11)9-3-1-8(7-13)2-4-9/h1-6H. The number of halogens is 1. The Morgan fingerprint density at radius 2 is 1.76 bits per heavy atom. The SMILES string of the molecule is N#Cc1ccc(-c2ccc(S(=O)(=O)I)s2)cc1. The zero-order valence-corrected chi connectivity index (χ0v) is 12.2. The molecule has 0 radical (unpaired) electrons. The van der Waals surface area contributed by atoms with Gasteiger partial charge >= 0.3 is 0 Å². The van der Waals surface area contributed by atoms with E-state index in [0.29, 0.717) is 9.77 Å². The maximum atomic E-state index is 11.3. The molecule has 0 amide bonds. The number of benzene rings is 1. The van der Waals surface area contributed by atoms with Gasteiger partial charge in [0.1, 0.15) is 4.21 Å². The van der Waals surface area contributed by atoms with Crippen molar-refractivity contribution >= 4 is 39.6 Å². The van der Waals surface area contributed by atoms with E-state index in [-0.39, 0.29) is 0 Å². The van der Waals surface area contributed by atoms with Crippen LogP contribution < -0.4 is 0 Å². The molecule has 2 rings (SSSR count). The van der Waals surface area contributed by atoms with Crippen molar-refractivity contribution < 1.29 is 8.42 Å². The van der Waals surface area contributed by atoms with Gasteiger partial charge in [0.05, 0.1) is 32.8 Å². The van der Waals surface area contributed by atoms with Gasteiger partial charge in [-0.1, -0.05) is 12.1 Å². The molecule has 0 aliphatic heterocycles. The van der Waals surface area contributed by atoms with E-state index in [1.807, 2.05) is 18.2 Å². The molecule has 0 atom stereocenters. The van der Waals surface area contributed by atoms with E-state index in [1.165, 1.54) is 32.5 Å². The smallest absolute Gasteiger partial charge is 0.212 e. The third kappa shape index (κ3) is 2.86. The number of hydrogen-bond donors (Lipinski definition) is 0. The van der Waals surface area contributed by atoms with Crippen LogP contribution in [-0.4, -0.2) is 8.42 Å². The Kier molecular flexibility index (Phi) is 3.51. The van der Waals surface area contributed by atoms with Crippen LogP contribution in [0, 0.1) is 11.3 Å². The van der Waals surface area contributed by atoms with E-state index in [4.69, 9.17) is 5.26 Å². The topological polar surface area (TPSA) is 57.9 Å². The van der Waals surface area contributed by atoms with Gasteiger partial charge in [-0.3, -0.25) is 0 Å². The summed E-state index contributed by atoms with van der Waals surface area (Å²) in [6.07, 6.45) is 0. The summed E-state index contributed by atoms with van der Waals surface area (Å²) in [5, 5.41) is 8.68. The third-order valence-corrected chi connectivity index (χ3v) is 6.89. The monoisotopic (exact) mass is 375 g/mol. The molecule has 0 fully saturated rings. The minimum absolute atomic E-state index is 0.345. The van der Waals surface area contributed by atoms with E-state index < -0.39 is 7.01 Å². The molecule has 1 aromatic carbocycles. The Hall–Kier alpha value is -0.910. The zero-order chi connectivity index (χ0) is 12.5. The summed E-state index contributed by atoms with van der Waals surface area (Å²) in [6.45, 7) is 0. The van der Waals surface area contributed by atoms with Crippen LogP contribution in [0.3, 0.4) is 0 Å². The van der Waals surface area contributed by atoms with Crippen LogP contribution in [0.4, 0.5) is 0 Å². The minimum Gasteiger partial charge on any atom is -0.212 e. The van der Waals surface area contributed by atoms with Crippen molar-refractivity contribution in [1.82, 2.24) is 0 Å². The average molecular weight is 375 g/mol. The number of thiophene rings is 1.